The predicted octanol–water partition coefficient (Wildman–Crippen LogP) is 5.70. The normalized spacial score (nSPS) is 11.3. The van der Waals surface area contributed by atoms with Crippen LogP contribution in [0.1, 0.15) is 36.0 Å². The van der Waals surface area contributed by atoms with Gasteiger partial charge in [0.1, 0.15) is 11.5 Å². The summed E-state index contributed by atoms with van der Waals surface area (Å²) < 4.78 is 5.64. The second kappa shape index (κ2) is 10.9. The first-order valence-electron chi connectivity index (χ1n) is 10.1. The van der Waals surface area contributed by atoms with Gasteiger partial charge in [0.15, 0.2) is 0 Å². The van der Waals surface area contributed by atoms with Gasteiger partial charge in [0.25, 0.3) is 0 Å². The minimum Gasteiger partial charge on any atom is -0.508 e. The van der Waals surface area contributed by atoms with Crippen LogP contribution >= 0.6 is 0 Å². The summed E-state index contributed by atoms with van der Waals surface area (Å²) in [5, 5.41) is 18.3. The van der Waals surface area contributed by atoms with E-state index in [1.807, 2.05) is 42.5 Å². The van der Waals surface area contributed by atoms with E-state index in [2.05, 4.69) is 30.3 Å². The van der Waals surface area contributed by atoms with E-state index in [-0.39, 0.29) is 12.2 Å². The summed E-state index contributed by atoms with van der Waals surface area (Å²) in [7, 11) is 0. The molecule has 0 heterocycles. The van der Waals surface area contributed by atoms with Gasteiger partial charge in [-0.05, 0) is 65.8 Å². The number of aryl methyl sites for hydroxylation is 1. The summed E-state index contributed by atoms with van der Waals surface area (Å²) in [5.41, 5.74) is 4.50. The number of aromatic hydroxyl groups is 1. The highest BCUT2D eigenvalue weighted by Gasteiger charge is 2.07. The molecule has 0 saturated carbocycles. The molecule has 154 valence electrons. The summed E-state index contributed by atoms with van der Waals surface area (Å²) in [6.07, 6.45) is 4.66. The Labute approximate surface area is 177 Å². The van der Waals surface area contributed by atoms with E-state index in [9.17, 15) is 9.90 Å². The number of ether oxygens (including phenoxy) is 1. The minimum absolute atomic E-state index is 0.104. The number of benzene rings is 3. The van der Waals surface area contributed by atoms with Gasteiger partial charge in [-0.15, -0.1) is 0 Å². The second-order valence-corrected chi connectivity index (χ2v) is 7.06. The van der Waals surface area contributed by atoms with E-state index < -0.39 is 5.97 Å². The van der Waals surface area contributed by atoms with Crippen LogP contribution in [0.4, 0.5) is 0 Å². The number of phenolic OH excluding ortho intramolecular Hbond substituents is 1. The average molecular weight is 402 g/mol. The number of allylic oxidation sites excluding steroid dienone is 1. The lowest BCUT2D eigenvalue weighted by molar-refractivity contribution is -0.137. The van der Waals surface area contributed by atoms with Gasteiger partial charge in [0.05, 0.1) is 6.61 Å². The Morgan fingerprint density at radius 1 is 0.867 bits per heavy atom. The zero-order chi connectivity index (χ0) is 21.2. The molecule has 4 heteroatoms. The van der Waals surface area contributed by atoms with Crippen LogP contribution in [0.3, 0.4) is 0 Å². The fourth-order valence-corrected chi connectivity index (χ4v) is 3.22. The largest absolute Gasteiger partial charge is 0.508 e. The van der Waals surface area contributed by atoms with Crippen molar-refractivity contribution in [2.24, 2.45) is 0 Å². The molecular weight excluding hydrogens is 376 g/mol. The Morgan fingerprint density at radius 2 is 1.50 bits per heavy atom. The van der Waals surface area contributed by atoms with Gasteiger partial charge in [0.2, 0.25) is 0 Å². The minimum atomic E-state index is -0.812. The van der Waals surface area contributed by atoms with Gasteiger partial charge >= 0.3 is 5.97 Å². The maximum absolute atomic E-state index is 10.6. The molecule has 0 bridgehead atoms. The van der Waals surface area contributed by atoms with E-state index in [1.165, 1.54) is 5.56 Å². The first kappa shape index (κ1) is 21.2. The average Bonchev–Trinajstić information content (AvgIpc) is 2.76. The molecule has 3 aromatic carbocycles. The van der Waals surface area contributed by atoms with E-state index in [1.54, 1.807) is 12.1 Å². The molecule has 0 aliphatic rings. The van der Waals surface area contributed by atoms with Gasteiger partial charge in [-0.1, -0.05) is 60.7 Å². The smallest absolute Gasteiger partial charge is 0.303 e. The van der Waals surface area contributed by atoms with E-state index in [0.717, 1.165) is 35.3 Å². The van der Waals surface area contributed by atoms with Crippen LogP contribution < -0.4 is 4.74 Å². The quantitative estimate of drug-likeness (QED) is 0.427. The van der Waals surface area contributed by atoms with Crippen molar-refractivity contribution in [3.05, 3.63) is 102 Å². The third kappa shape index (κ3) is 6.52. The van der Waals surface area contributed by atoms with Crippen LogP contribution in [0, 0.1) is 0 Å². The van der Waals surface area contributed by atoms with Crippen molar-refractivity contribution in [1.29, 1.82) is 0 Å². The first-order chi connectivity index (χ1) is 14.6. The number of phenols is 1. The standard InChI is InChI=1S/C26H26O4/c27-23-15-11-21(12-16-23)25(9-4-8-20-6-2-1-3-7-20)22-13-17-24(18-14-22)30-19-5-10-26(28)29/h1-3,6-7,9,11-18,27H,4-5,8,10,19H2,(H,28,29). The number of aliphatic carboxylic acids is 1. The molecule has 2 N–H and O–H groups in total. The summed E-state index contributed by atoms with van der Waals surface area (Å²) in [6, 6.07) is 25.4. The molecule has 0 atom stereocenters. The first-order valence-corrected chi connectivity index (χ1v) is 10.1. The highest BCUT2D eigenvalue weighted by molar-refractivity contribution is 5.80. The number of rotatable bonds is 10. The van der Waals surface area contributed by atoms with Crippen molar-refractivity contribution >= 4 is 11.5 Å². The Balaban J connectivity index is 1.73. The van der Waals surface area contributed by atoms with Gasteiger partial charge in [-0.25, -0.2) is 0 Å². The van der Waals surface area contributed by atoms with E-state index >= 15 is 0 Å². The van der Waals surface area contributed by atoms with Crippen molar-refractivity contribution in [3.63, 3.8) is 0 Å². The second-order valence-electron chi connectivity index (χ2n) is 7.06. The molecule has 0 spiro atoms. The predicted molar refractivity (Wildman–Crippen MR) is 119 cm³/mol. The highest BCUT2D eigenvalue weighted by atomic mass is 16.5. The zero-order valence-corrected chi connectivity index (χ0v) is 16.8. The summed E-state index contributed by atoms with van der Waals surface area (Å²) in [6.45, 7) is 0.378. The van der Waals surface area contributed by atoms with Crippen molar-refractivity contribution in [2.75, 3.05) is 6.61 Å². The molecule has 3 aromatic rings. The molecule has 30 heavy (non-hydrogen) atoms. The van der Waals surface area contributed by atoms with Crippen molar-refractivity contribution in [2.45, 2.75) is 25.7 Å². The Kier molecular flexibility index (Phi) is 7.67. The van der Waals surface area contributed by atoms with Crippen LogP contribution in [0.15, 0.2) is 84.9 Å². The Hall–Kier alpha value is -3.53. The molecule has 0 radical (unpaired) electrons. The summed E-state index contributed by atoms with van der Waals surface area (Å²) in [4.78, 5) is 10.6. The maximum atomic E-state index is 10.6. The Bertz CT molecular complexity index is 958. The number of hydrogen-bond acceptors (Lipinski definition) is 3. The molecule has 0 aliphatic carbocycles. The molecule has 0 aliphatic heterocycles. The lowest BCUT2D eigenvalue weighted by Crippen LogP contribution is -2.02. The van der Waals surface area contributed by atoms with E-state index in [0.29, 0.717) is 13.0 Å². The van der Waals surface area contributed by atoms with Crippen molar-refractivity contribution in [1.82, 2.24) is 0 Å². The van der Waals surface area contributed by atoms with Crippen molar-refractivity contribution < 1.29 is 19.7 Å². The zero-order valence-electron chi connectivity index (χ0n) is 16.8. The van der Waals surface area contributed by atoms with Crippen LogP contribution in [0.5, 0.6) is 11.5 Å². The molecule has 0 unspecified atom stereocenters. The lowest BCUT2D eigenvalue weighted by atomic mass is 9.95. The van der Waals surface area contributed by atoms with Crippen LogP contribution in [-0.2, 0) is 11.2 Å². The number of carboxylic acid groups (broad SMARTS) is 1. The molecule has 0 aromatic heterocycles. The molecule has 3 rings (SSSR count). The number of carboxylic acids is 1. The van der Waals surface area contributed by atoms with Crippen LogP contribution in [0.25, 0.3) is 5.57 Å². The summed E-state index contributed by atoms with van der Waals surface area (Å²) in [5.74, 6) is 0.152. The third-order valence-electron chi connectivity index (χ3n) is 4.77. The van der Waals surface area contributed by atoms with Gasteiger partial charge in [-0.3, -0.25) is 4.79 Å². The van der Waals surface area contributed by atoms with Gasteiger partial charge in [0, 0.05) is 6.42 Å². The third-order valence-corrected chi connectivity index (χ3v) is 4.77. The van der Waals surface area contributed by atoms with Crippen LogP contribution in [-0.4, -0.2) is 22.8 Å². The van der Waals surface area contributed by atoms with Crippen molar-refractivity contribution in [3.8, 4) is 11.5 Å². The molecular formula is C26H26O4. The fraction of sp³-hybridized carbons (Fsp3) is 0.192. The fourth-order valence-electron chi connectivity index (χ4n) is 3.22. The molecule has 0 amide bonds. The highest BCUT2D eigenvalue weighted by Crippen LogP contribution is 2.27. The maximum Gasteiger partial charge on any atom is 0.303 e. The topological polar surface area (TPSA) is 66.8 Å². The van der Waals surface area contributed by atoms with Gasteiger partial charge < -0.3 is 14.9 Å². The van der Waals surface area contributed by atoms with E-state index in [4.69, 9.17) is 9.84 Å². The monoisotopic (exact) mass is 402 g/mol. The molecule has 0 fully saturated rings. The lowest BCUT2D eigenvalue weighted by Gasteiger charge is -2.11. The van der Waals surface area contributed by atoms with Crippen LogP contribution in [0.2, 0.25) is 0 Å². The number of hydrogen-bond donors (Lipinski definition) is 2. The molecule has 0 saturated heterocycles. The Morgan fingerprint density at radius 3 is 2.13 bits per heavy atom. The molecule has 4 nitrogen and oxygen atoms in total. The van der Waals surface area contributed by atoms with Gasteiger partial charge in [-0.2, -0.15) is 0 Å². The summed E-state index contributed by atoms with van der Waals surface area (Å²) >= 11 is 0. The number of carbonyl (C=O) groups is 1. The SMILES string of the molecule is O=C(O)CCCOc1ccc(C(=CCCc2ccccc2)c2ccc(O)cc2)cc1.